The van der Waals surface area contributed by atoms with Gasteiger partial charge in [0.15, 0.2) is 0 Å². The molecular weight excluding hydrogens is 174 g/mol. The Kier molecular flexibility index (Phi) is 2.61. The molecule has 2 atom stereocenters. The van der Waals surface area contributed by atoms with E-state index in [0.717, 1.165) is 0 Å². The molecule has 0 aromatic heterocycles. The molecule has 2 aliphatic rings. The molecule has 1 spiro atoms. The summed E-state index contributed by atoms with van der Waals surface area (Å²) in [6.45, 7) is 7.77. The van der Waals surface area contributed by atoms with Crippen LogP contribution in [-0.4, -0.2) is 36.7 Å². The number of nitrogens with zero attached hydrogens (tertiary/aromatic N) is 1. The molecule has 82 valence electrons. The zero-order chi connectivity index (χ0) is 10.3. The topological polar surface area (TPSA) is 12.5 Å². The van der Waals surface area contributed by atoms with E-state index in [1.807, 2.05) is 0 Å². The van der Waals surface area contributed by atoms with Gasteiger partial charge in [0, 0.05) is 12.6 Å². The second-order valence-electron chi connectivity index (χ2n) is 5.58. The molecule has 0 bridgehead atoms. The molecule has 14 heavy (non-hydrogen) atoms. The molecule has 0 aromatic rings. The summed E-state index contributed by atoms with van der Waals surface area (Å²) in [5.41, 5.74) is 0.702. The molecule has 1 heterocycles. The average Bonchev–Trinajstić information content (AvgIpc) is 2.69. The maximum absolute atomic E-state index is 5.88. The van der Waals surface area contributed by atoms with Crippen LogP contribution < -0.4 is 0 Å². The highest BCUT2D eigenvalue weighted by atomic mass is 16.5. The number of hydrogen-bond donors (Lipinski definition) is 0. The second-order valence-corrected chi connectivity index (χ2v) is 5.58. The molecule has 2 nitrogen and oxygen atoms in total. The van der Waals surface area contributed by atoms with Crippen LogP contribution in [0.5, 0.6) is 0 Å². The van der Waals surface area contributed by atoms with Gasteiger partial charge in [0.05, 0.1) is 12.2 Å². The van der Waals surface area contributed by atoms with E-state index < -0.39 is 0 Å². The fourth-order valence-electron chi connectivity index (χ4n) is 2.89. The van der Waals surface area contributed by atoms with E-state index in [4.69, 9.17) is 4.74 Å². The van der Waals surface area contributed by atoms with Gasteiger partial charge >= 0.3 is 0 Å². The smallest absolute Gasteiger partial charge is 0.0705 e. The molecule has 0 N–H and O–H groups in total. The van der Waals surface area contributed by atoms with Crippen LogP contribution in [0.3, 0.4) is 0 Å². The van der Waals surface area contributed by atoms with Gasteiger partial charge in [0.2, 0.25) is 0 Å². The Bertz CT molecular complexity index is 210. The highest BCUT2D eigenvalue weighted by molar-refractivity contribution is 5.05. The van der Waals surface area contributed by atoms with Crippen molar-refractivity contribution >= 4 is 0 Å². The predicted molar refractivity (Wildman–Crippen MR) is 58.4 cm³/mol. The lowest BCUT2D eigenvalue weighted by molar-refractivity contribution is -0.0203. The van der Waals surface area contributed by atoms with Crippen LogP contribution >= 0.6 is 0 Å². The Balaban J connectivity index is 1.91. The summed E-state index contributed by atoms with van der Waals surface area (Å²) in [5.74, 6) is 0. The number of hydrogen-bond acceptors (Lipinski definition) is 2. The summed E-state index contributed by atoms with van der Waals surface area (Å²) >= 11 is 0. The number of likely N-dealkylation sites (tertiary alicyclic amines) is 1. The lowest BCUT2D eigenvalue weighted by Gasteiger charge is -2.27. The normalized spacial score (nSPS) is 32.8. The molecule has 1 aliphatic carbocycles. The fraction of sp³-hybridized carbons (Fsp3) is 1.00. The van der Waals surface area contributed by atoms with Crippen LogP contribution in [0.2, 0.25) is 0 Å². The minimum Gasteiger partial charge on any atom is -0.374 e. The average molecular weight is 197 g/mol. The van der Waals surface area contributed by atoms with Crippen molar-refractivity contribution in [1.29, 1.82) is 0 Å². The van der Waals surface area contributed by atoms with E-state index in [1.54, 1.807) is 0 Å². The lowest BCUT2D eigenvalue weighted by Crippen LogP contribution is -2.37. The molecular formula is C12H23NO. The Hall–Kier alpha value is -0.0800. The van der Waals surface area contributed by atoms with E-state index in [9.17, 15) is 0 Å². The van der Waals surface area contributed by atoms with Gasteiger partial charge in [-0.25, -0.2) is 0 Å². The summed E-state index contributed by atoms with van der Waals surface area (Å²) in [7, 11) is 2.25. The van der Waals surface area contributed by atoms with Gasteiger partial charge in [0.25, 0.3) is 0 Å². The Morgan fingerprint density at radius 2 is 1.93 bits per heavy atom. The van der Waals surface area contributed by atoms with Gasteiger partial charge in [-0.2, -0.15) is 0 Å². The van der Waals surface area contributed by atoms with Crippen molar-refractivity contribution in [3.05, 3.63) is 0 Å². The van der Waals surface area contributed by atoms with Gasteiger partial charge in [-0.15, -0.1) is 0 Å². The lowest BCUT2D eigenvalue weighted by atomic mass is 10.0. The van der Waals surface area contributed by atoms with Crippen molar-refractivity contribution in [2.75, 3.05) is 13.6 Å². The Labute approximate surface area is 87.6 Å². The maximum atomic E-state index is 5.88. The van der Waals surface area contributed by atoms with Crippen molar-refractivity contribution in [3.8, 4) is 0 Å². The molecule has 1 saturated heterocycles. The van der Waals surface area contributed by atoms with Crippen LogP contribution in [0.15, 0.2) is 0 Å². The third-order valence-electron chi connectivity index (χ3n) is 3.78. The van der Waals surface area contributed by atoms with Crippen LogP contribution in [0.4, 0.5) is 0 Å². The third-order valence-corrected chi connectivity index (χ3v) is 3.78. The molecule has 2 rings (SSSR count). The second kappa shape index (κ2) is 3.49. The standard InChI is InChI=1S/C12H23NO/c1-9(2)14-10(3)11-7-12(5-6-12)8-13(11)4/h9-11H,5-8H2,1-4H3. The van der Waals surface area contributed by atoms with E-state index in [-0.39, 0.29) is 0 Å². The zero-order valence-electron chi connectivity index (χ0n) is 9.92. The minimum absolute atomic E-state index is 0.356. The molecule has 1 saturated carbocycles. The molecule has 0 aromatic carbocycles. The maximum Gasteiger partial charge on any atom is 0.0705 e. The van der Waals surface area contributed by atoms with E-state index in [2.05, 4.69) is 32.7 Å². The third kappa shape index (κ3) is 1.96. The van der Waals surface area contributed by atoms with Crippen molar-refractivity contribution in [2.24, 2.45) is 5.41 Å². The summed E-state index contributed by atoms with van der Waals surface area (Å²) in [4.78, 5) is 2.50. The zero-order valence-corrected chi connectivity index (χ0v) is 9.92. The molecule has 0 radical (unpaired) electrons. The van der Waals surface area contributed by atoms with Crippen molar-refractivity contribution in [3.63, 3.8) is 0 Å². The van der Waals surface area contributed by atoms with E-state index in [1.165, 1.54) is 25.8 Å². The Morgan fingerprint density at radius 1 is 1.29 bits per heavy atom. The molecule has 2 heteroatoms. The largest absolute Gasteiger partial charge is 0.374 e. The number of likely N-dealkylation sites (N-methyl/N-ethyl adjacent to an activating group) is 1. The minimum atomic E-state index is 0.356. The van der Waals surface area contributed by atoms with Crippen molar-refractivity contribution in [2.45, 2.75) is 58.3 Å². The van der Waals surface area contributed by atoms with Gasteiger partial charge in [0.1, 0.15) is 0 Å². The summed E-state index contributed by atoms with van der Waals surface area (Å²) in [6, 6.07) is 0.653. The number of ether oxygens (including phenoxy) is 1. The van der Waals surface area contributed by atoms with Crippen LogP contribution in [-0.2, 0) is 4.74 Å². The van der Waals surface area contributed by atoms with Crippen LogP contribution in [0.1, 0.15) is 40.0 Å². The van der Waals surface area contributed by atoms with Crippen LogP contribution in [0.25, 0.3) is 0 Å². The molecule has 2 unspecified atom stereocenters. The van der Waals surface area contributed by atoms with Crippen molar-refractivity contribution < 1.29 is 4.74 Å². The highest BCUT2D eigenvalue weighted by Crippen LogP contribution is 2.54. The summed E-state index contributed by atoms with van der Waals surface area (Å²) in [5, 5.41) is 0. The van der Waals surface area contributed by atoms with Gasteiger partial charge < -0.3 is 9.64 Å². The van der Waals surface area contributed by atoms with E-state index in [0.29, 0.717) is 23.7 Å². The first-order chi connectivity index (χ1) is 6.52. The number of rotatable bonds is 3. The summed E-state index contributed by atoms with van der Waals surface area (Å²) in [6.07, 6.45) is 5.00. The first-order valence-electron chi connectivity index (χ1n) is 5.88. The fourth-order valence-corrected chi connectivity index (χ4v) is 2.89. The predicted octanol–water partition coefficient (Wildman–Crippen LogP) is 2.28. The van der Waals surface area contributed by atoms with E-state index >= 15 is 0 Å². The van der Waals surface area contributed by atoms with Crippen molar-refractivity contribution in [1.82, 2.24) is 4.90 Å². The van der Waals surface area contributed by atoms with Gasteiger partial charge in [-0.1, -0.05) is 0 Å². The monoisotopic (exact) mass is 197 g/mol. The summed E-state index contributed by atoms with van der Waals surface area (Å²) < 4.78 is 5.88. The van der Waals surface area contributed by atoms with Gasteiger partial charge in [-0.3, -0.25) is 0 Å². The molecule has 0 amide bonds. The highest BCUT2D eigenvalue weighted by Gasteiger charge is 2.51. The first-order valence-corrected chi connectivity index (χ1v) is 5.88. The first kappa shape index (κ1) is 10.4. The quantitative estimate of drug-likeness (QED) is 0.688. The van der Waals surface area contributed by atoms with Crippen LogP contribution in [0, 0.1) is 5.41 Å². The van der Waals surface area contributed by atoms with Gasteiger partial charge in [-0.05, 0) is 52.5 Å². The SMILES string of the molecule is CC(C)OC(C)C1CC2(CC2)CN1C. The molecule has 2 fully saturated rings. The molecule has 1 aliphatic heterocycles. The Morgan fingerprint density at radius 3 is 2.36 bits per heavy atom.